The molecule has 0 aliphatic rings. The molecule has 0 saturated carbocycles. The zero-order chi connectivity index (χ0) is 14.5. The Morgan fingerprint density at radius 1 is 1.40 bits per heavy atom. The summed E-state index contributed by atoms with van der Waals surface area (Å²) < 4.78 is 13.8. The first-order valence-corrected chi connectivity index (χ1v) is 7.01. The van der Waals surface area contributed by atoms with Crippen LogP contribution in [0.1, 0.15) is 16.9 Å². The van der Waals surface area contributed by atoms with E-state index in [2.05, 4.69) is 5.32 Å². The van der Waals surface area contributed by atoms with Crippen LogP contribution in [-0.4, -0.2) is 5.91 Å². The van der Waals surface area contributed by atoms with Crippen LogP contribution in [0.15, 0.2) is 30.3 Å². The average molecular weight is 309 g/mol. The van der Waals surface area contributed by atoms with Gasteiger partial charge in [-0.05, 0) is 36.8 Å². The fourth-order valence-electron chi connectivity index (χ4n) is 1.64. The molecule has 0 radical (unpaired) electrons. The van der Waals surface area contributed by atoms with Gasteiger partial charge in [0.25, 0.3) is 0 Å². The van der Waals surface area contributed by atoms with Crippen LogP contribution in [0, 0.1) is 17.1 Å². The van der Waals surface area contributed by atoms with E-state index in [1.807, 2.05) is 6.07 Å². The van der Waals surface area contributed by atoms with Gasteiger partial charge in [0.1, 0.15) is 11.9 Å². The molecule has 1 aromatic heterocycles. The summed E-state index contributed by atoms with van der Waals surface area (Å²) in [7, 11) is 0. The number of hydrogen-bond donors (Lipinski definition) is 1. The summed E-state index contributed by atoms with van der Waals surface area (Å²) in [4.78, 5) is 12.8. The third-order valence-electron chi connectivity index (χ3n) is 2.60. The van der Waals surface area contributed by atoms with E-state index in [1.54, 1.807) is 12.1 Å². The monoisotopic (exact) mass is 308 g/mol. The van der Waals surface area contributed by atoms with E-state index in [0.29, 0.717) is 22.9 Å². The lowest BCUT2D eigenvalue weighted by atomic mass is 10.2. The van der Waals surface area contributed by atoms with Crippen LogP contribution >= 0.6 is 22.9 Å². The number of aryl methyl sites for hydroxylation is 1. The minimum absolute atomic E-state index is 0.0900. The number of rotatable bonds is 4. The molecule has 20 heavy (non-hydrogen) atoms. The standard InChI is InChI=1S/C14H10ClFN2OS/c15-13-5-2-11(20-13)3-6-14(19)18-10-1-4-12(16)9(7-10)8-17/h1-2,4-5,7H,3,6H2,(H,18,19). The highest BCUT2D eigenvalue weighted by molar-refractivity contribution is 7.16. The normalized spacial score (nSPS) is 10.1. The van der Waals surface area contributed by atoms with Crippen LogP contribution in [0.25, 0.3) is 0 Å². The maximum Gasteiger partial charge on any atom is 0.224 e. The minimum atomic E-state index is -0.598. The molecule has 0 aliphatic heterocycles. The van der Waals surface area contributed by atoms with E-state index >= 15 is 0 Å². The van der Waals surface area contributed by atoms with E-state index in [0.717, 1.165) is 10.9 Å². The highest BCUT2D eigenvalue weighted by atomic mass is 35.5. The number of nitrogens with zero attached hydrogens (tertiary/aromatic N) is 1. The van der Waals surface area contributed by atoms with Crippen molar-refractivity contribution < 1.29 is 9.18 Å². The number of halogens is 2. The van der Waals surface area contributed by atoms with Crippen molar-refractivity contribution in [1.29, 1.82) is 5.26 Å². The summed E-state index contributed by atoms with van der Waals surface area (Å²) in [6, 6.07) is 9.30. The fraction of sp³-hybridized carbons (Fsp3) is 0.143. The van der Waals surface area contributed by atoms with Crippen molar-refractivity contribution in [3.8, 4) is 6.07 Å². The van der Waals surface area contributed by atoms with Crippen LogP contribution in [0.5, 0.6) is 0 Å². The number of carbonyl (C=O) groups excluding carboxylic acids is 1. The summed E-state index contributed by atoms with van der Waals surface area (Å²) in [6.07, 6.45) is 0.894. The molecular weight excluding hydrogens is 299 g/mol. The molecule has 6 heteroatoms. The Balaban J connectivity index is 1.93. The largest absolute Gasteiger partial charge is 0.326 e. The molecule has 3 nitrogen and oxygen atoms in total. The van der Waals surface area contributed by atoms with Crippen LogP contribution in [0.4, 0.5) is 10.1 Å². The van der Waals surface area contributed by atoms with Crippen LogP contribution in [0.3, 0.4) is 0 Å². The molecule has 0 saturated heterocycles. The van der Waals surface area contributed by atoms with Gasteiger partial charge in [-0.2, -0.15) is 5.26 Å². The predicted octanol–water partition coefficient (Wildman–Crippen LogP) is 3.98. The van der Waals surface area contributed by atoms with Crippen molar-refractivity contribution in [3.05, 3.63) is 50.9 Å². The summed E-state index contributed by atoms with van der Waals surface area (Å²) in [5.41, 5.74) is 0.324. The summed E-state index contributed by atoms with van der Waals surface area (Å²) in [6.45, 7) is 0. The smallest absolute Gasteiger partial charge is 0.224 e. The van der Waals surface area contributed by atoms with Gasteiger partial charge in [0, 0.05) is 17.0 Å². The second-order valence-electron chi connectivity index (χ2n) is 4.06. The van der Waals surface area contributed by atoms with Gasteiger partial charge in [0.05, 0.1) is 9.90 Å². The SMILES string of the molecule is N#Cc1cc(NC(=O)CCc2ccc(Cl)s2)ccc1F. The fourth-order valence-corrected chi connectivity index (χ4v) is 2.72. The average Bonchev–Trinajstić information content (AvgIpc) is 2.84. The van der Waals surface area contributed by atoms with Gasteiger partial charge < -0.3 is 5.32 Å². The zero-order valence-electron chi connectivity index (χ0n) is 10.3. The Hall–Kier alpha value is -1.90. The Morgan fingerprint density at radius 2 is 2.20 bits per heavy atom. The summed E-state index contributed by atoms with van der Waals surface area (Å²) in [5, 5.41) is 11.4. The van der Waals surface area contributed by atoms with Gasteiger partial charge in [-0.1, -0.05) is 11.6 Å². The molecule has 1 heterocycles. The van der Waals surface area contributed by atoms with Gasteiger partial charge in [-0.25, -0.2) is 4.39 Å². The highest BCUT2D eigenvalue weighted by Gasteiger charge is 2.07. The van der Waals surface area contributed by atoms with Crippen molar-refractivity contribution in [1.82, 2.24) is 0 Å². The molecule has 0 bridgehead atoms. The van der Waals surface area contributed by atoms with E-state index in [9.17, 15) is 9.18 Å². The molecule has 2 rings (SSSR count). The number of hydrogen-bond acceptors (Lipinski definition) is 3. The van der Waals surface area contributed by atoms with Gasteiger partial charge in [0.15, 0.2) is 0 Å². The van der Waals surface area contributed by atoms with Gasteiger partial charge in [0.2, 0.25) is 5.91 Å². The zero-order valence-corrected chi connectivity index (χ0v) is 11.9. The Labute approximate surface area is 124 Å². The van der Waals surface area contributed by atoms with Crippen molar-refractivity contribution in [2.45, 2.75) is 12.8 Å². The lowest BCUT2D eigenvalue weighted by Gasteiger charge is -2.05. The van der Waals surface area contributed by atoms with Gasteiger partial charge in [-0.15, -0.1) is 11.3 Å². The van der Waals surface area contributed by atoms with Crippen LogP contribution in [-0.2, 0) is 11.2 Å². The first kappa shape index (κ1) is 14.5. The molecule has 1 aromatic carbocycles. The van der Waals surface area contributed by atoms with Crippen molar-refractivity contribution in [2.75, 3.05) is 5.32 Å². The molecule has 0 fully saturated rings. The number of amides is 1. The summed E-state index contributed by atoms with van der Waals surface area (Å²) >= 11 is 7.24. The third kappa shape index (κ3) is 3.80. The molecule has 1 N–H and O–H groups in total. The molecule has 0 aliphatic carbocycles. The van der Waals surface area contributed by atoms with E-state index in [-0.39, 0.29) is 11.5 Å². The van der Waals surface area contributed by atoms with Gasteiger partial charge in [-0.3, -0.25) is 4.79 Å². The van der Waals surface area contributed by atoms with Crippen molar-refractivity contribution in [3.63, 3.8) is 0 Å². The first-order valence-electron chi connectivity index (χ1n) is 5.82. The molecule has 102 valence electrons. The Bertz CT molecular complexity index is 678. The second kappa shape index (κ2) is 6.51. The number of nitriles is 1. The van der Waals surface area contributed by atoms with Crippen LogP contribution in [0.2, 0.25) is 4.34 Å². The number of thiophene rings is 1. The second-order valence-corrected chi connectivity index (χ2v) is 5.86. The molecule has 2 aromatic rings. The first-order chi connectivity index (χ1) is 9.58. The topological polar surface area (TPSA) is 52.9 Å². The number of nitrogens with one attached hydrogen (secondary N) is 1. The molecule has 0 atom stereocenters. The maximum absolute atomic E-state index is 13.1. The Kier molecular flexibility index (Phi) is 4.72. The summed E-state index contributed by atoms with van der Waals surface area (Å²) in [5.74, 6) is -0.788. The molecule has 1 amide bonds. The Morgan fingerprint density at radius 3 is 2.85 bits per heavy atom. The lowest BCUT2D eigenvalue weighted by Crippen LogP contribution is -2.12. The van der Waals surface area contributed by atoms with Crippen LogP contribution < -0.4 is 5.32 Å². The van der Waals surface area contributed by atoms with E-state index in [1.165, 1.54) is 23.5 Å². The minimum Gasteiger partial charge on any atom is -0.326 e. The lowest BCUT2D eigenvalue weighted by molar-refractivity contribution is -0.116. The number of benzene rings is 1. The highest BCUT2D eigenvalue weighted by Crippen LogP contribution is 2.22. The van der Waals surface area contributed by atoms with Gasteiger partial charge >= 0.3 is 0 Å². The number of anilines is 1. The van der Waals surface area contributed by atoms with Crippen molar-refractivity contribution >= 4 is 34.5 Å². The molecule has 0 unspecified atom stereocenters. The third-order valence-corrected chi connectivity index (χ3v) is 3.89. The van der Waals surface area contributed by atoms with E-state index in [4.69, 9.17) is 16.9 Å². The van der Waals surface area contributed by atoms with E-state index < -0.39 is 5.82 Å². The molecule has 0 spiro atoms. The molecular formula is C14H10ClFN2OS. The number of carbonyl (C=O) groups is 1. The van der Waals surface area contributed by atoms with Crippen molar-refractivity contribution in [2.24, 2.45) is 0 Å². The maximum atomic E-state index is 13.1. The predicted molar refractivity (Wildman–Crippen MR) is 77.4 cm³/mol. The quantitative estimate of drug-likeness (QED) is 0.928.